The summed E-state index contributed by atoms with van der Waals surface area (Å²) in [6.07, 6.45) is -1.09. The van der Waals surface area contributed by atoms with Gasteiger partial charge in [-0.1, -0.05) is 54.9 Å². The number of aliphatic carboxylic acids is 1. The predicted molar refractivity (Wildman–Crippen MR) is 123 cm³/mol. The van der Waals surface area contributed by atoms with Crippen LogP contribution in [0.25, 0.3) is 11.1 Å². The summed E-state index contributed by atoms with van der Waals surface area (Å²) < 4.78 is 19.3. The third-order valence-corrected chi connectivity index (χ3v) is 5.14. The van der Waals surface area contributed by atoms with Crippen LogP contribution in [0.15, 0.2) is 53.1 Å². The number of carbonyl (C=O) groups excluding carboxylic acids is 1. The monoisotopic (exact) mass is 489 g/mol. The fourth-order valence-electron chi connectivity index (χ4n) is 3.30. The molecule has 10 heteroatoms. The van der Waals surface area contributed by atoms with Crippen molar-refractivity contribution in [3.8, 4) is 11.1 Å². The zero-order valence-electron chi connectivity index (χ0n) is 18.7. The van der Waals surface area contributed by atoms with Crippen molar-refractivity contribution in [1.82, 2.24) is 15.6 Å². The third-order valence-electron chi connectivity index (χ3n) is 4.90. The molecule has 1 amide bonds. The first-order valence-electron chi connectivity index (χ1n) is 10.6. The Hall–Kier alpha value is -3.27. The molecule has 0 saturated heterocycles. The van der Waals surface area contributed by atoms with E-state index in [1.54, 1.807) is 24.3 Å². The van der Waals surface area contributed by atoms with Crippen LogP contribution in [-0.2, 0) is 17.8 Å². The number of aromatic nitrogens is 1. The Bertz CT molecular complexity index is 1150. The maximum Gasteiger partial charge on any atom is 0.333 e. The average molecular weight is 490 g/mol. The quantitative estimate of drug-likeness (QED) is 0.369. The van der Waals surface area contributed by atoms with Crippen molar-refractivity contribution in [2.24, 2.45) is 5.92 Å². The van der Waals surface area contributed by atoms with Crippen LogP contribution in [0.2, 0.25) is 5.02 Å². The summed E-state index contributed by atoms with van der Waals surface area (Å²) in [5.41, 5.74) is 4.81. The van der Waals surface area contributed by atoms with Crippen molar-refractivity contribution in [1.29, 1.82) is 0 Å². The van der Waals surface area contributed by atoms with E-state index in [1.807, 2.05) is 13.8 Å². The van der Waals surface area contributed by atoms with E-state index in [1.165, 1.54) is 29.3 Å². The summed E-state index contributed by atoms with van der Waals surface area (Å²) in [7, 11) is 0. The zero-order valence-corrected chi connectivity index (χ0v) is 19.4. The van der Waals surface area contributed by atoms with E-state index in [0.29, 0.717) is 39.7 Å². The Kier molecular flexibility index (Phi) is 8.38. The lowest BCUT2D eigenvalue weighted by Gasteiger charge is -2.24. The molecule has 0 aliphatic carbocycles. The average Bonchev–Trinajstić information content (AvgIpc) is 3.24. The molecule has 0 aliphatic heterocycles. The largest absolute Gasteiger partial charge is 0.479 e. The lowest BCUT2D eigenvalue weighted by atomic mass is 10.0. The fourth-order valence-corrected chi connectivity index (χ4v) is 3.47. The first kappa shape index (κ1) is 25.4. The summed E-state index contributed by atoms with van der Waals surface area (Å²) in [6.45, 7) is 3.71. The summed E-state index contributed by atoms with van der Waals surface area (Å²) in [6, 6.07) is 12.6. The molecule has 0 radical (unpaired) electrons. The Labute approximate surface area is 200 Å². The number of carbonyl (C=O) groups is 2. The molecule has 0 saturated carbocycles. The third kappa shape index (κ3) is 6.86. The highest BCUT2D eigenvalue weighted by atomic mass is 35.5. The number of hydrazine groups is 1. The van der Waals surface area contributed by atoms with Gasteiger partial charge < -0.3 is 14.7 Å². The Morgan fingerprint density at radius 3 is 2.53 bits per heavy atom. The molecular formula is C24H25ClFN3O5. The number of hydrogen-bond donors (Lipinski definition) is 3. The van der Waals surface area contributed by atoms with Crippen molar-refractivity contribution >= 4 is 23.5 Å². The van der Waals surface area contributed by atoms with E-state index in [2.05, 4.69) is 10.6 Å². The van der Waals surface area contributed by atoms with Crippen molar-refractivity contribution in [3.63, 3.8) is 0 Å². The molecule has 1 heterocycles. The second kappa shape index (κ2) is 11.2. The van der Waals surface area contributed by atoms with Crippen molar-refractivity contribution in [3.05, 3.63) is 76.4 Å². The van der Waals surface area contributed by atoms with Gasteiger partial charge in [0, 0.05) is 23.2 Å². The molecule has 34 heavy (non-hydrogen) atoms. The minimum atomic E-state index is -1.73. The highest BCUT2D eigenvalue weighted by molar-refractivity contribution is 6.30. The van der Waals surface area contributed by atoms with Gasteiger partial charge in [0.05, 0.1) is 12.2 Å². The summed E-state index contributed by atoms with van der Waals surface area (Å²) >= 11 is 5.97. The number of nitrogens with zero attached hydrogens (tertiary/aromatic N) is 2. The molecule has 0 bridgehead atoms. The minimum absolute atomic E-state index is 0.0303. The van der Waals surface area contributed by atoms with Gasteiger partial charge in [0.1, 0.15) is 5.82 Å². The SMILES string of the molecule is CC(C)Cc1cc(C(=O)NN(Cc2ccc(-c3cc(Cl)ccc3F)cc2)C[C@@H](O)C(=O)O)on1. The standard InChI is InChI=1S/C24H25ClFN3O5/c1-14(2)9-18-11-22(34-28-18)23(31)27-29(13-21(30)24(32)33)12-15-3-5-16(6-4-15)19-10-17(25)7-8-20(19)26/h3-8,10-11,14,21,30H,9,12-13H2,1-2H3,(H,27,31)(H,32,33)/t21-/m1/s1. The van der Waals surface area contributed by atoms with Crippen molar-refractivity contribution in [2.45, 2.75) is 32.9 Å². The van der Waals surface area contributed by atoms with E-state index in [4.69, 9.17) is 21.2 Å². The van der Waals surface area contributed by atoms with Crippen LogP contribution < -0.4 is 5.43 Å². The van der Waals surface area contributed by atoms with E-state index >= 15 is 0 Å². The number of nitrogens with one attached hydrogen (secondary N) is 1. The van der Waals surface area contributed by atoms with Crippen molar-refractivity contribution in [2.75, 3.05) is 6.54 Å². The van der Waals surface area contributed by atoms with Gasteiger partial charge in [-0.05, 0) is 41.7 Å². The topological polar surface area (TPSA) is 116 Å². The molecule has 0 spiro atoms. The lowest BCUT2D eigenvalue weighted by molar-refractivity contribution is -0.148. The van der Waals surface area contributed by atoms with E-state index in [0.717, 1.165) is 0 Å². The van der Waals surface area contributed by atoms with Gasteiger partial charge in [-0.2, -0.15) is 0 Å². The van der Waals surface area contributed by atoms with Crippen LogP contribution in [0.4, 0.5) is 4.39 Å². The highest BCUT2D eigenvalue weighted by Gasteiger charge is 2.22. The van der Waals surface area contributed by atoms with Crippen LogP contribution in [-0.4, -0.2) is 44.9 Å². The molecule has 3 aromatic rings. The molecule has 0 fully saturated rings. The van der Waals surface area contributed by atoms with Gasteiger partial charge >= 0.3 is 11.9 Å². The van der Waals surface area contributed by atoms with Gasteiger partial charge in [0.15, 0.2) is 6.10 Å². The van der Waals surface area contributed by atoms with E-state index in [9.17, 15) is 19.1 Å². The number of amides is 1. The lowest BCUT2D eigenvalue weighted by Crippen LogP contribution is -2.47. The van der Waals surface area contributed by atoms with Gasteiger partial charge in [-0.25, -0.2) is 14.2 Å². The summed E-state index contributed by atoms with van der Waals surface area (Å²) in [5, 5.41) is 24.5. The first-order valence-corrected chi connectivity index (χ1v) is 11.0. The maximum absolute atomic E-state index is 14.1. The molecule has 180 valence electrons. The van der Waals surface area contributed by atoms with Gasteiger partial charge in [-0.3, -0.25) is 10.2 Å². The Balaban J connectivity index is 1.75. The van der Waals surface area contributed by atoms with Gasteiger partial charge in [0.2, 0.25) is 5.76 Å². The molecule has 3 rings (SSSR count). The second-order valence-corrected chi connectivity index (χ2v) is 8.71. The van der Waals surface area contributed by atoms with Crippen LogP contribution in [0, 0.1) is 11.7 Å². The Morgan fingerprint density at radius 2 is 1.88 bits per heavy atom. The fraction of sp³-hybridized carbons (Fsp3) is 0.292. The van der Waals surface area contributed by atoms with E-state index < -0.39 is 23.8 Å². The number of carboxylic acids is 1. The minimum Gasteiger partial charge on any atom is -0.479 e. The zero-order chi connectivity index (χ0) is 24.8. The number of benzene rings is 2. The number of rotatable bonds is 10. The maximum atomic E-state index is 14.1. The molecule has 1 atom stereocenters. The summed E-state index contributed by atoms with van der Waals surface area (Å²) in [5.74, 6) is -2.18. The normalized spacial score (nSPS) is 12.2. The highest BCUT2D eigenvalue weighted by Crippen LogP contribution is 2.26. The van der Waals surface area contributed by atoms with Gasteiger partial charge in [0.25, 0.3) is 0 Å². The number of aliphatic hydroxyl groups is 1. The van der Waals surface area contributed by atoms with Crippen LogP contribution in [0.3, 0.4) is 0 Å². The smallest absolute Gasteiger partial charge is 0.333 e. The number of halogens is 2. The molecule has 0 aliphatic rings. The molecule has 3 N–H and O–H groups in total. The molecule has 8 nitrogen and oxygen atoms in total. The molecular weight excluding hydrogens is 465 g/mol. The summed E-state index contributed by atoms with van der Waals surface area (Å²) in [4.78, 5) is 23.8. The predicted octanol–water partition coefficient (Wildman–Crippen LogP) is 3.93. The molecule has 0 unspecified atom stereocenters. The van der Waals surface area contributed by atoms with Crippen molar-refractivity contribution < 1.29 is 28.7 Å². The number of aliphatic hydroxyl groups excluding tert-OH is 1. The number of carboxylic acid groups (broad SMARTS) is 1. The Morgan fingerprint density at radius 1 is 1.18 bits per heavy atom. The van der Waals surface area contributed by atoms with Crippen LogP contribution in [0.1, 0.15) is 35.7 Å². The number of hydrogen-bond acceptors (Lipinski definition) is 6. The van der Waals surface area contributed by atoms with Crippen LogP contribution >= 0.6 is 11.6 Å². The molecule has 2 aromatic carbocycles. The first-order chi connectivity index (χ1) is 16.1. The van der Waals surface area contributed by atoms with Gasteiger partial charge in [-0.15, -0.1) is 0 Å². The van der Waals surface area contributed by atoms with E-state index in [-0.39, 0.29) is 18.8 Å². The molecule has 1 aromatic heterocycles. The van der Waals surface area contributed by atoms with Crippen LogP contribution in [0.5, 0.6) is 0 Å². The second-order valence-electron chi connectivity index (χ2n) is 8.28.